The molecule has 3 aliphatic carbocycles. The minimum Gasteiger partial charge on any atom is -0.507 e. The number of ketones is 4. The van der Waals surface area contributed by atoms with Crippen LogP contribution in [0.4, 0.5) is 5.69 Å². The SMILES string of the molecule is CCNCc1cc(O)c2c(c1N(C)C)C[C@H]1C[C@H]3[C@H](N(C)C)C(=O)C(C(N)=O)C(=O)[C@@]3(O)C(=O)C1C2=O. The second-order valence-corrected chi connectivity index (χ2v) is 10.7. The molecule has 2 unspecified atom stereocenters. The van der Waals surface area contributed by atoms with Crippen LogP contribution in [0.15, 0.2) is 6.07 Å². The quantitative estimate of drug-likeness (QED) is 0.347. The molecular weight excluding hydrogens is 480 g/mol. The molecule has 0 bridgehead atoms. The Labute approximate surface area is 215 Å². The summed E-state index contributed by atoms with van der Waals surface area (Å²) in [5, 5.41) is 25.7. The lowest BCUT2D eigenvalue weighted by Gasteiger charge is -2.52. The number of aromatic hydroxyl groups is 1. The van der Waals surface area contributed by atoms with Crippen molar-refractivity contribution in [2.75, 3.05) is 39.6 Å². The van der Waals surface area contributed by atoms with Gasteiger partial charge in [0.05, 0.1) is 17.5 Å². The number of benzene rings is 1. The number of carbonyl (C=O) groups is 5. The molecule has 6 atom stereocenters. The molecule has 0 spiro atoms. The third kappa shape index (κ3) is 3.79. The smallest absolute Gasteiger partial charge is 0.235 e. The van der Waals surface area contributed by atoms with Crippen LogP contribution in [-0.4, -0.2) is 90.5 Å². The van der Waals surface area contributed by atoms with Gasteiger partial charge in [0, 0.05) is 32.2 Å². The molecular formula is C26H34N4O7. The van der Waals surface area contributed by atoms with E-state index in [0.29, 0.717) is 18.7 Å². The van der Waals surface area contributed by atoms with Crippen LogP contribution in [-0.2, 0) is 32.1 Å². The molecule has 11 nitrogen and oxygen atoms in total. The van der Waals surface area contributed by atoms with Crippen LogP contribution < -0.4 is 16.0 Å². The van der Waals surface area contributed by atoms with Crippen LogP contribution in [0.25, 0.3) is 0 Å². The van der Waals surface area contributed by atoms with Crippen molar-refractivity contribution in [2.45, 2.75) is 38.0 Å². The van der Waals surface area contributed by atoms with Crippen molar-refractivity contribution in [3.8, 4) is 5.75 Å². The van der Waals surface area contributed by atoms with Crippen LogP contribution in [0.2, 0.25) is 0 Å². The number of hydrogen-bond donors (Lipinski definition) is 4. The first kappa shape index (κ1) is 26.9. The van der Waals surface area contributed by atoms with E-state index in [9.17, 15) is 34.2 Å². The van der Waals surface area contributed by atoms with E-state index in [-0.39, 0.29) is 24.2 Å². The summed E-state index contributed by atoms with van der Waals surface area (Å²) in [6.45, 7) is 3.10. The summed E-state index contributed by atoms with van der Waals surface area (Å²) >= 11 is 0. The molecule has 37 heavy (non-hydrogen) atoms. The zero-order valence-corrected chi connectivity index (χ0v) is 21.7. The highest BCUT2D eigenvalue weighted by molar-refractivity contribution is 6.32. The number of Topliss-reactive ketones (excluding diaryl/α,β-unsaturated/α-hetero) is 4. The molecule has 0 saturated heterocycles. The maximum Gasteiger partial charge on any atom is 0.235 e. The summed E-state index contributed by atoms with van der Waals surface area (Å²) in [7, 11) is 6.77. The number of hydrogen-bond acceptors (Lipinski definition) is 10. The fraction of sp³-hybridized carbons (Fsp3) is 0.577. The summed E-state index contributed by atoms with van der Waals surface area (Å²) < 4.78 is 0. The number of nitrogens with zero attached hydrogens (tertiary/aromatic N) is 2. The van der Waals surface area contributed by atoms with Gasteiger partial charge in [0.25, 0.3) is 0 Å². The number of phenols is 1. The van der Waals surface area contributed by atoms with Crippen LogP contribution >= 0.6 is 0 Å². The van der Waals surface area contributed by atoms with E-state index in [1.165, 1.54) is 11.0 Å². The number of aliphatic hydroxyl groups is 1. The van der Waals surface area contributed by atoms with Gasteiger partial charge in [0.15, 0.2) is 34.7 Å². The third-order valence-electron chi connectivity index (χ3n) is 8.13. The fourth-order valence-electron chi connectivity index (χ4n) is 6.68. The Bertz CT molecular complexity index is 1210. The van der Waals surface area contributed by atoms with Crippen molar-refractivity contribution in [3.05, 3.63) is 22.8 Å². The van der Waals surface area contributed by atoms with Crippen LogP contribution in [0.3, 0.4) is 0 Å². The Morgan fingerprint density at radius 1 is 1.16 bits per heavy atom. The lowest BCUT2D eigenvalue weighted by Crippen LogP contribution is -2.74. The molecule has 0 heterocycles. The number of phenolic OH excluding ortho intramolecular Hbond substituents is 1. The Morgan fingerprint density at radius 2 is 1.81 bits per heavy atom. The van der Waals surface area contributed by atoms with Crippen LogP contribution in [0.5, 0.6) is 5.75 Å². The monoisotopic (exact) mass is 514 g/mol. The Hall–Kier alpha value is -3.15. The van der Waals surface area contributed by atoms with Gasteiger partial charge in [-0.05, 0) is 56.6 Å². The van der Waals surface area contributed by atoms with Gasteiger partial charge in [-0.25, -0.2) is 0 Å². The summed E-state index contributed by atoms with van der Waals surface area (Å²) in [5.41, 5.74) is 4.74. The molecule has 3 aliphatic rings. The summed E-state index contributed by atoms with van der Waals surface area (Å²) in [6, 6.07) is 0.374. The molecule has 0 radical (unpaired) electrons. The first-order chi connectivity index (χ1) is 17.3. The highest BCUT2D eigenvalue weighted by Gasteiger charge is 2.69. The van der Waals surface area contributed by atoms with Crippen molar-refractivity contribution in [3.63, 3.8) is 0 Å². The lowest BCUT2D eigenvalue weighted by atomic mass is 9.52. The zero-order valence-electron chi connectivity index (χ0n) is 21.7. The van der Waals surface area contributed by atoms with E-state index >= 15 is 0 Å². The maximum atomic E-state index is 13.9. The number of amides is 1. The largest absolute Gasteiger partial charge is 0.507 e. The molecule has 1 aromatic rings. The highest BCUT2D eigenvalue weighted by Crippen LogP contribution is 2.52. The zero-order chi connectivity index (χ0) is 27.6. The first-order valence-electron chi connectivity index (χ1n) is 12.4. The van der Waals surface area contributed by atoms with Gasteiger partial charge in [0.2, 0.25) is 5.91 Å². The highest BCUT2D eigenvalue weighted by atomic mass is 16.3. The van der Waals surface area contributed by atoms with Gasteiger partial charge in [-0.2, -0.15) is 0 Å². The van der Waals surface area contributed by atoms with Gasteiger partial charge >= 0.3 is 0 Å². The number of carbonyl (C=O) groups excluding carboxylic acids is 5. The average Bonchev–Trinajstić information content (AvgIpc) is 2.79. The number of anilines is 1. The normalized spacial score (nSPS) is 31.2. The molecule has 1 aromatic carbocycles. The first-order valence-corrected chi connectivity index (χ1v) is 12.4. The Morgan fingerprint density at radius 3 is 2.35 bits per heavy atom. The topological polar surface area (TPSA) is 170 Å². The number of rotatable bonds is 6. The molecule has 200 valence electrons. The van der Waals surface area contributed by atoms with Crippen molar-refractivity contribution in [1.29, 1.82) is 0 Å². The molecule has 11 heteroatoms. The predicted octanol–water partition coefficient (Wildman–Crippen LogP) is -0.957. The number of fused-ring (bicyclic) bond motifs is 3. The van der Waals surface area contributed by atoms with Gasteiger partial charge in [-0.1, -0.05) is 6.92 Å². The number of nitrogens with one attached hydrogen (secondary N) is 1. The molecule has 2 saturated carbocycles. The number of primary amides is 1. The van der Waals surface area contributed by atoms with E-state index in [1.807, 2.05) is 25.9 Å². The predicted molar refractivity (Wildman–Crippen MR) is 133 cm³/mol. The number of likely N-dealkylation sites (N-methyl/N-ethyl adjacent to an activating group) is 1. The lowest BCUT2D eigenvalue weighted by molar-refractivity contribution is -0.181. The van der Waals surface area contributed by atoms with Crippen LogP contribution in [0.1, 0.15) is 34.8 Å². The van der Waals surface area contributed by atoms with E-state index in [1.54, 1.807) is 14.1 Å². The van der Waals surface area contributed by atoms with Crippen LogP contribution in [0, 0.1) is 23.7 Å². The van der Waals surface area contributed by atoms with Crippen molar-refractivity contribution in [1.82, 2.24) is 10.2 Å². The van der Waals surface area contributed by atoms with Crippen molar-refractivity contribution in [2.24, 2.45) is 29.4 Å². The minimum absolute atomic E-state index is 0.00413. The van der Waals surface area contributed by atoms with Gasteiger partial charge in [-0.3, -0.25) is 28.9 Å². The second-order valence-electron chi connectivity index (χ2n) is 10.7. The van der Waals surface area contributed by atoms with Gasteiger partial charge < -0.3 is 26.2 Å². The molecule has 4 rings (SSSR count). The molecule has 5 N–H and O–H groups in total. The molecule has 0 aromatic heterocycles. The van der Waals surface area contributed by atoms with E-state index in [2.05, 4.69) is 5.32 Å². The second kappa shape index (κ2) is 9.30. The Balaban J connectivity index is 1.88. The summed E-state index contributed by atoms with van der Waals surface area (Å²) in [5.74, 6) is -10.4. The number of nitrogens with two attached hydrogens (primary N) is 1. The molecule has 2 fully saturated rings. The van der Waals surface area contributed by atoms with E-state index < -0.39 is 64.4 Å². The van der Waals surface area contributed by atoms with E-state index in [0.717, 1.165) is 11.3 Å². The van der Waals surface area contributed by atoms with Gasteiger partial charge in [-0.15, -0.1) is 0 Å². The van der Waals surface area contributed by atoms with E-state index in [4.69, 9.17) is 5.73 Å². The van der Waals surface area contributed by atoms with Gasteiger partial charge in [0.1, 0.15) is 5.75 Å². The third-order valence-corrected chi connectivity index (χ3v) is 8.13. The minimum atomic E-state index is -2.72. The molecule has 0 aliphatic heterocycles. The van der Waals surface area contributed by atoms with Crippen molar-refractivity contribution < 1.29 is 34.2 Å². The summed E-state index contributed by atoms with van der Waals surface area (Å²) in [4.78, 5) is 69.5. The average molecular weight is 515 g/mol. The Kier molecular flexibility index (Phi) is 6.76. The fourth-order valence-corrected chi connectivity index (χ4v) is 6.68. The maximum absolute atomic E-state index is 13.9. The summed E-state index contributed by atoms with van der Waals surface area (Å²) in [6.07, 6.45) is 0.252. The molecule has 1 amide bonds. The van der Waals surface area contributed by atoms with Crippen molar-refractivity contribution >= 4 is 34.7 Å². The standard InChI is InChI=1S/C26H34N4O7/c1-6-28-10-12-9-15(31)17-13(19(12)29(2)3)7-11-8-14-20(30(4)5)22(33)18(25(27)36)24(35)26(14,37)23(34)16(11)21(17)32/h9,11,14,16,18,20,28,31,37H,6-8,10H2,1-5H3,(H2,27,36)/t11-,14-,16?,18?,20-,26-/m0/s1.